The number of anilines is 1. The molecule has 10 nitrogen and oxygen atoms in total. The number of aromatic nitrogens is 1. The molecule has 2 aromatic rings. The standard InChI is InChI=1S/C31H44FN5O5/c1-20-12-35(26(11-33-20)13-36-21(2)16-41-17-22(36)3)14-30(39)37-27(18-40-4)19-42-31-29(37)10-24(28(15-38)34-31)9-23-5-7-25(32)8-6-23/h5-8,10,20-22,26-27,33,38H,9,11-19H2,1-4H3/t20-,21-,22-,26-,27+/m1/s1. The van der Waals surface area contributed by atoms with Crippen LogP contribution in [-0.2, 0) is 27.3 Å². The minimum Gasteiger partial charge on any atom is -0.474 e. The van der Waals surface area contributed by atoms with Crippen LogP contribution in [0, 0.1) is 5.82 Å². The minimum atomic E-state index is -0.325. The Hall–Kier alpha value is -2.67. The van der Waals surface area contributed by atoms with Crippen molar-refractivity contribution in [2.75, 3.05) is 64.6 Å². The predicted molar refractivity (Wildman–Crippen MR) is 157 cm³/mol. The van der Waals surface area contributed by atoms with Crippen LogP contribution < -0.4 is 15.0 Å². The molecule has 0 saturated carbocycles. The number of hydrogen-bond acceptors (Lipinski definition) is 9. The molecule has 1 aromatic carbocycles. The summed E-state index contributed by atoms with van der Waals surface area (Å²) in [7, 11) is 1.62. The number of halogens is 1. The number of hydrogen-bond donors (Lipinski definition) is 2. The predicted octanol–water partition coefficient (Wildman–Crippen LogP) is 1.82. The Balaban J connectivity index is 1.42. The second-order valence-corrected chi connectivity index (χ2v) is 11.9. The number of carbonyl (C=O) groups excluding carboxylic acids is 1. The van der Waals surface area contributed by atoms with Gasteiger partial charge in [-0.25, -0.2) is 9.37 Å². The summed E-state index contributed by atoms with van der Waals surface area (Å²) in [5.41, 5.74) is 2.67. The molecular weight excluding hydrogens is 541 g/mol. The van der Waals surface area contributed by atoms with Crippen LogP contribution in [0.4, 0.5) is 10.1 Å². The molecule has 42 heavy (non-hydrogen) atoms. The largest absolute Gasteiger partial charge is 0.474 e. The second-order valence-electron chi connectivity index (χ2n) is 11.9. The Morgan fingerprint density at radius 3 is 2.57 bits per heavy atom. The average Bonchev–Trinajstić information content (AvgIpc) is 2.97. The molecule has 4 heterocycles. The van der Waals surface area contributed by atoms with E-state index in [1.807, 2.05) is 6.07 Å². The number of aliphatic hydroxyl groups is 1. The number of morpholine rings is 1. The summed E-state index contributed by atoms with van der Waals surface area (Å²) in [6.07, 6.45) is 0.431. The van der Waals surface area contributed by atoms with Crippen molar-refractivity contribution in [1.29, 1.82) is 0 Å². The van der Waals surface area contributed by atoms with Crippen LogP contribution in [0.25, 0.3) is 0 Å². The van der Waals surface area contributed by atoms with Gasteiger partial charge in [0.15, 0.2) is 0 Å². The van der Waals surface area contributed by atoms with Crippen LogP contribution in [0.2, 0.25) is 0 Å². The monoisotopic (exact) mass is 585 g/mol. The fraction of sp³-hybridized carbons (Fsp3) is 0.613. The van der Waals surface area contributed by atoms with E-state index in [9.17, 15) is 14.3 Å². The van der Waals surface area contributed by atoms with Gasteiger partial charge >= 0.3 is 0 Å². The van der Waals surface area contributed by atoms with Crippen LogP contribution in [0.15, 0.2) is 30.3 Å². The number of nitrogens with zero attached hydrogens (tertiary/aromatic N) is 4. The summed E-state index contributed by atoms with van der Waals surface area (Å²) < 4.78 is 30.8. The Morgan fingerprint density at radius 1 is 1.14 bits per heavy atom. The highest BCUT2D eigenvalue weighted by atomic mass is 19.1. The number of methoxy groups -OCH3 is 1. The van der Waals surface area contributed by atoms with E-state index in [2.05, 4.69) is 40.9 Å². The number of carbonyl (C=O) groups is 1. The van der Waals surface area contributed by atoms with Crippen molar-refractivity contribution in [3.8, 4) is 5.88 Å². The van der Waals surface area contributed by atoms with E-state index in [4.69, 9.17) is 14.2 Å². The molecular formula is C31H44FN5O5. The summed E-state index contributed by atoms with van der Waals surface area (Å²) in [4.78, 5) is 25.4. The molecule has 3 aliphatic rings. The van der Waals surface area contributed by atoms with Gasteiger partial charge in [-0.15, -0.1) is 0 Å². The second kappa shape index (κ2) is 13.7. The normalized spacial score (nSPS) is 27.0. The maximum absolute atomic E-state index is 14.2. The first-order chi connectivity index (χ1) is 20.3. The third-order valence-electron chi connectivity index (χ3n) is 8.60. The van der Waals surface area contributed by atoms with E-state index < -0.39 is 0 Å². The lowest BCUT2D eigenvalue weighted by atomic mass is 10.0. The zero-order chi connectivity index (χ0) is 29.8. The lowest BCUT2D eigenvalue weighted by molar-refractivity contribution is -0.122. The van der Waals surface area contributed by atoms with E-state index in [0.29, 0.717) is 55.6 Å². The van der Waals surface area contributed by atoms with Crippen molar-refractivity contribution in [2.24, 2.45) is 0 Å². The molecule has 1 aromatic heterocycles. The zero-order valence-corrected chi connectivity index (χ0v) is 25.1. The van der Waals surface area contributed by atoms with Gasteiger partial charge in [-0.1, -0.05) is 12.1 Å². The van der Waals surface area contributed by atoms with Crippen LogP contribution in [-0.4, -0.2) is 116 Å². The van der Waals surface area contributed by atoms with Crippen LogP contribution in [0.3, 0.4) is 0 Å². The molecule has 0 spiro atoms. The number of amides is 1. The lowest BCUT2D eigenvalue weighted by Gasteiger charge is -2.46. The molecule has 2 fully saturated rings. The number of fused-ring (bicyclic) bond motifs is 1. The number of piperazine rings is 1. The smallest absolute Gasteiger partial charge is 0.241 e. The molecule has 2 saturated heterocycles. The highest BCUT2D eigenvalue weighted by Crippen LogP contribution is 2.35. The Morgan fingerprint density at radius 2 is 1.88 bits per heavy atom. The van der Waals surface area contributed by atoms with Crippen LogP contribution >= 0.6 is 0 Å². The summed E-state index contributed by atoms with van der Waals surface area (Å²) in [6.45, 7) is 10.9. The topological polar surface area (TPSA) is 99.6 Å². The number of ether oxygens (including phenoxy) is 3. The minimum absolute atomic E-state index is 0.0462. The lowest BCUT2D eigenvalue weighted by Crippen LogP contribution is -2.64. The van der Waals surface area contributed by atoms with Crippen molar-refractivity contribution in [2.45, 2.75) is 64.0 Å². The van der Waals surface area contributed by atoms with Crippen molar-refractivity contribution in [3.63, 3.8) is 0 Å². The van der Waals surface area contributed by atoms with Gasteiger partial charge < -0.3 is 24.6 Å². The summed E-state index contributed by atoms with van der Waals surface area (Å²) in [5.74, 6) is -0.0331. The van der Waals surface area contributed by atoms with Gasteiger partial charge in [0.1, 0.15) is 18.1 Å². The van der Waals surface area contributed by atoms with E-state index in [0.717, 1.165) is 30.8 Å². The molecule has 5 atom stereocenters. The number of benzene rings is 1. The molecule has 1 amide bonds. The van der Waals surface area contributed by atoms with E-state index in [1.54, 1.807) is 24.1 Å². The fourth-order valence-electron chi connectivity index (χ4n) is 6.35. The first-order valence-corrected chi connectivity index (χ1v) is 14.9. The summed E-state index contributed by atoms with van der Waals surface area (Å²) in [5, 5.41) is 13.7. The fourth-order valence-corrected chi connectivity index (χ4v) is 6.35. The first-order valence-electron chi connectivity index (χ1n) is 14.9. The van der Waals surface area contributed by atoms with E-state index in [-0.39, 0.29) is 49.6 Å². The number of nitrogens with one attached hydrogen (secondary N) is 1. The summed E-state index contributed by atoms with van der Waals surface area (Å²) in [6, 6.07) is 8.86. The van der Waals surface area contributed by atoms with Crippen molar-refractivity contribution in [1.82, 2.24) is 20.1 Å². The van der Waals surface area contributed by atoms with Gasteiger partial charge in [0.05, 0.1) is 44.7 Å². The highest BCUT2D eigenvalue weighted by Gasteiger charge is 2.38. The molecule has 2 N–H and O–H groups in total. The highest BCUT2D eigenvalue weighted by molar-refractivity contribution is 5.97. The van der Waals surface area contributed by atoms with Crippen molar-refractivity contribution >= 4 is 11.6 Å². The van der Waals surface area contributed by atoms with Crippen molar-refractivity contribution in [3.05, 3.63) is 53.0 Å². The van der Waals surface area contributed by atoms with Gasteiger partial charge in [0.2, 0.25) is 11.8 Å². The Labute approximate surface area is 247 Å². The Bertz CT molecular complexity index is 1210. The molecule has 0 radical (unpaired) electrons. The summed E-state index contributed by atoms with van der Waals surface area (Å²) >= 11 is 0. The van der Waals surface area contributed by atoms with Gasteiger partial charge in [-0.05, 0) is 56.5 Å². The Kier molecular flexibility index (Phi) is 10.1. The van der Waals surface area contributed by atoms with Crippen LogP contribution in [0.5, 0.6) is 5.88 Å². The van der Waals surface area contributed by atoms with Crippen molar-refractivity contribution < 1.29 is 28.5 Å². The van der Waals surface area contributed by atoms with Gasteiger partial charge in [-0.2, -0.15) is 0 Å². The maximum Gasteiger partial charge on any atom is 0.241 e. The molecule has 3 aliphatic heterocycles. The van der Waals surface area contributed by atoms with Gasteiger partial charge in [0, 0.05) is 50.9 Å². The molecule has 11 heteroatoms. The molecule has 0 bridgehead atoms. The quantitative estimate of drug-likeness (QED) is 0.457. The maximum atomic E-state index is 14.2. The SMILES string of the molecule is COC[C@H]1COc2nc(CO)c(Cc3ccc(F)cc3)cc2N1C(=O)CN1C[C@@H](C)NC[C@@H]1CN1[C@H](C)COC[C@H]1C. The third-order valence-corrected chi connectivity index (χ3v) is 8.60. The molecule has 0 aliphatic carbocycles. The van der Waals surface area contributed by atoms with Crippen LogP contribution in [0.1, 0.15) is 37.6 Å². The van der Waals surface area contributed by atoms with Gasteiger partial charge in [0.25, 0.3) is 0 Å². The molecule has 0 unspecified atom stereocenters. The zero-order valence-electron chi connectivity index (χ0n) is 25.1. The third kappa shape index (κ3) is 6.93. The molecule has 230 valence electrons. The number of rotatable bonds is 9. The molecule has 5 rings (SSSR count). The van der Waals surface area contributed by atoms with E-state index in [1.165, 1.54) is 12.1 Å². The average molecular weight is 586 g/mol. The van der Waals surface area contributed by atoms with Gasteiger partial charge in [-0.3, -0.25) is 19.5 Å². The number of aliphatic hydroxyl groups excluding tert-OH is 1. The first kappa shape index (κ1) is 30.8. The number of pyridine rings is 1. The van der Waals surface area contributed by atoms with E-state index >= 15 is 0 Å².